The minimum Gasteiger partial charge on any atom is -0.334 e. The summed E-state index contributed by atoms with van der Waals surface area (Å²) < 4.78 is 0. The first-order valence-corrected chi connectivity index (χ1v) is 6.57. The number of urea groups is 1. The number of fused-ring (bicyclic) bond motifs is 1. The van der Waals surface area contributed by atoms with Crippen molar-refractivity contribution in [3.05, 3.63) is 42.1 Å². The second kappa shape index (κ2) is 6.34. The first-order valence-electron chi connectivity index (χ1n) is 6.13. The van der Waals surface area contributed by atoms with E-state index in [0.29, 0.717) is 0 Å². The Morgan fingerprint density at radius 1 is 1.30 bits per heavy atom. The molecule has 0 saturated heterocycles. The van der Waals surface area contributed by atoms with Gasteiger partial charge in [0.1, 0.15) is 5.38 Å². The van der Waals surface area contributed by atoms with E-state index in [1.165, 1.54) is 6.92 Å². The van der Waals surface area contributed by atoms with Crippen LogP contribution >= 0.6 is 11.6 Å². The number of aromatic nitrogens is 1. The molecule has 5 nitrogen and oxygen atoms in total. The van der Waals surface area contributed by atoms with Gasteiger partial charge in [0.2, 0.25) is 5.91 Å². The molecule has 2 aromatic rings. The number of nitrogens with one attached hydrogen (secondary N) is 2. The molecule has 0 spiro atoms. The summed E-state index contributed by atoms with van der Waals surface area (Å²) >= 11 is 5.57. The lowest BCUT2D eigenvalue weighted by Gasteiger charge is -2.09. The second-order valence-electron chi connectivity index (χ2n) is 4.28. The summed E-state index contributed by atoms with van der Waals surface area (Å²) in [5, 5.41) is 5.01. The fourth-order valence-corrected chi connectivity index (χ4v) is 1.80. The van der Waals surface area contributed by atoms with Crippen molar-refractivity contribution in [2.24, 2.45) is 0 Å². The van der Waals surface area contributed by atoms with Gasteiger partial charge in [-0.3, -0.25) is 15.1 Å². The topological polar surface area (TPSA) is 71.1 Å². The molecule has 0 aliphatic rings. The molecule has 2 rings (SSSR count). The minimum absolute atomic E-state index is 0.282. The summed E-state index contributed by atoms with van der Waals surface area (Å²) in [5.41, 5.74) is 1.71. The molecule has 1 atom stereocenters. The van der Waals surface area contributed by atoms with Gasteiger partial charge in [0.05, 0.1) is 5.52 Å². The average molecular weight is 292 g/mol. The van der Waals surface area contributed by atoms with E-state index in [1.807, 2.05) is 30.3 Å². The molecule has 0 aliphatic carbocycles. The molecule has 6 heteroatoms. The van der Waals surface area contributed by atoms with Crippen molar-refractivity contribution in [2.75, 3.05) is 0 Å². The predicted octanol–water partition coefficient (Wildman–Crippen LogP) is 2.19. The smallest absolute Gasteiger partial charge is 0.321 e. The molecule has 1 aromatic carbocycles. The molecule has 1 unspecified atom stereocenters. The number of alkyl halides is 1. The number of para-hydroxylation sites is 1. The fourth-order valence-electron chi connectivity index (χ4n) is 1.74. The highest BCUT2D eigenvalue weighted by atomic mass is 35.5. The number of benzene rings is 1. The Kier molecular flexibility index (Phi) is 4.53. The lowest BCUT2D eigenvalue weighted by Crippen LogP contribution is -2.41. The Bertz CT molecular complexity index is 638. The molecule has 0 radical (unpaired) electrons. The van der Waals surface area contributed by atoms with Crippen molar-refractivity contribution >= 4 is 34.4 Å². The van der Waals surface area contributed by atoms with Crippen LogP contribution in [0.4, 0.5) is 4.79 Å². The van der Waals surface area contributed by atoms with Crippen LogP contribution in [0, 0.1) is 0 Å². The Morgan fingerprint density at radius 2 is 2.05 bits per heavy atom. The quantitative estimate of drug-likeness (QED) is 0.852. The largest absolute Gasteiger partial charge is 0.334 e. The monoisotopic (exact) mass is 291 g/mol. The maximum absolute atomic E-state index is 11.5. The number of carbonyl (C=O) groups is 2. The average Bonchev–Trinajstić information content (AvgIpc) is 2.44. The number of carbonyl (C=O) groups excluding carboxylic acids is 2. The van der Waals surface area contributed by atoms with Crippen LogP contribution in [-0.2, 0) is 11.3 Å². The summed E-state index contributed by atoms with van der Waals surface area (Å²) in [5.74, 6) is -0.528. The summed E-state index contributed by atoms with van der Waals surface area (Å²) in [6.45, 7) is 1.78. The third kappa shape index (κ3) is 3.45. The van der Waals surface area contributed by atoms with Crippen LogP contribution in [0.5, 0.6) is 0 Å². The standard InChI is InChI=1S/C14H14ClN3O2/c1-9(15)13(19)18-14(20)17-8-11-5-2-4-10-6-3-7-16-12(10)11/h2-7,9H,8H2,1H3,(H2,17,18,19,20). The van der Waals surface area contributed by atoms with Crippen molar-refractivity contribution < 1.29 is 9.59 Å². The van der Waals surface area contributed by atoms with E-state index in [1.54, 1.807) is 6.20 Å². The Hall–Kier alpha value is -2.14. The van der Waals surface area contributed by atoms with Crippen LogP contribution in [0.2, 0.25) is 0 Å². The van der Waals surface area contributed by atoms with Gasteiger partial charge in [-0.1, -0.05) is 24.3 Å². The zero-order valence-corrected chi connectivity index (χ0v) is 11.6. The maximum Gasteiger partial charge on any atom is 0.321 e. The molecule has 3 amide bonds. The van der Waals surface area contributed by atoms with E-state index in [9.17, 15) is 9.59 Å². The molecule has 1 aromatic heterocycles. The fraction of sp³-hybridized carbons (Fsp3) is 0.214. The van der Waals surface area contributed by atoms with Crippen molar-refractivity contribution in [2.45, 2.75) is 18.8 Å². The first-order chi connectivity index (χ1) is 9.58. The van der Waals surface area contributed by atoms with E-state index in [2.05, 4.69) is 15.6 Å². The Labute approximate surface area is 121 Å². The van der Waals surface area contributed by atoms with Gasteiger partial charge in [-0.2, -0.15) is 0 Å². The van der Waals surface area contributed by atoms with Gasteiger partial charge < -0.3 is 5.32 Å². The zero-order chi connectivity index (χ0) is 14.5. The number of pyridine rings is 1. The molecule has 0 fully saturated rings. The molecule has 0 saturated carbocycles. The number of amides is 3. The lowest BCUT2D eigenvalue weighted by atomic mass is 10.1. The second-order valence-corrected chi connectivity index (χ2v) is 4.93. The highest BCUT2D eigenvalue weighted by Gasteiger charge is 2.12. The SMILES string of the molecule is CC(Cl)C(=O)NC(=O)NCc1cccc2cccnc12. The molecular formula is C14H14ClN3O2. The van der Waals surface area contributed by atoms with Crippen molar-refractivity contribution in [3.8, 4) is 0 Å². The van der Waals surface area contributed by atoms with E-state index in [0.717, 1.165) is 16.5 Å². The Balaban J connectivity index is 2.03. The van der Waals surface area contributed by atoms with Crippen molar-refractivity contribution in [3.63, 3.8) is 0 Å². The van der Waals surface area contributed by atoms with E-state index < -0.39 is 17.3 Å². The van der Waals surface area contributed by atoms with Crippen LogP contribution in [0.1, 0.15) is 12.5 Å². The normalized spacial score (nSPS) is 11.9. The summed E-state index contributed by atoms with van der Waals surface area (Å²) in [7, 11) is 0. The molecule has 0 aliphatic heterocycles. The Morgan fingerprint density at radius 3 is 2.80 bits per heavy atom. The number of hydrogen-bond acceptors (Lipinski definition) is 3. The summed E-state index contributed by atoms with van der Waals surface area (Å²) in [4.78, 5) is 27.1. The molecule has 0 bridgehead atoms. The number of rotatable bonds is 3. The third-order valence-corrected chi connectivity index (χ3v) is 2.95. The highest BCUT2D eigenvalue weighted by molar-refractivity contribution is 6.31. The van der Waals surface area contributed by atoms with Gasteiger partial charge in [-0.05, 0) is 18.6 Å². The number of imide groups is 1. The molecule has 104 valence electrons. The van der Waals surface area contributed by atoms with Crippen molar-refractivity contribution in [1.29, 1.82) is 0 Å². The summed E-state index contributed by atoms with van der Waals surface area (Å²) in [6, 6.07) is 8.95. The zero-order valence-electron chi connectivity index (χ0n) is 10.9. The van der Waals surface area contributed by atoms with Crippen LogP contribution < -0.4 is 10.6 Å². The number of hydrogen-bond donors (Lipinski definition) is 2. The molecule has 2 N–H and O–H groups in total. The van der Waals surface area contributed by atoms with Gasteiger partial charge in [0, 0.05) is 18.1 Å². The van der Waals surface area contributed by atoms with Gasteiger partial charge in [-0.25, -0.2) is 4.79 Å². The van der Waals surface area contributed by atoms with Crippen LogP contribution in [0.15, 0.2) is 36.5 Å². The summed E-state index contributed by atoms with van der Waals surface area (Å²) in [6.07, 6.45) is 1.70. The molecular weight excluding hydrogens is 278 g/mol. The van der Waals surface area contributed by atoms with Crippen LogP contribution in [-0.4, -0.2) is 22.3 Å². The third-order valence-electron chi connectivity index (χ3n) is 2.75. The molecule has 20 heavy (non-hydrogen) atoms. The lowest BCUT2D eigenvalue weighted by molar-refractivity contribution is -0.119. The highest BCUT2D eigenvalue weighted by Crippen LogP contribution is 2.15. The van der Waals surface area contributed by atoms with Gasteiger partial charge in [0.15, 0.2) is 0 Å². The van der Waals surface area contributed by atoms with Crippen LogP contribution in [0.3, 0.4) is 0 Å². The van der Waals surface area contributed by atoms with E-state index in [-0.39, 0.29) is 6.54 Å². The van der Waals surface area contributed by atoms with Gasteiger partial charge in [-0.15, -0.1) is 11.6 Å². The predicted molar refractivity (Wildman–Crippen MR) is 77.4 cm³/mol. The van der Waals surface area contributed by atoms with E-state index in [4.69, 9.17) is 11.6 Å². The van der Waals surface area contributed by atoms with Crippen LogP contribution in [0.25, 0.3) is 10.9 Å². The van der Waals surface area contributed by atoms with Gasteiger partial charge >= 0.3 is 6.03 Å². The number of nitrogens with zero attached hydrogens (tertiary/aromatic N) is 1. The van der Waals surface area contributed by atoms with E-state index >= 15 is 0 Å². The first kappa shape index (κ1) is 14.3. The molecule has 1 heterocycles. The maximum atomic E-state index is 11.5. The minimum atomic E-state index is -0.750. The number of halogens is 1. The van der Waals surface area contributed by atoms with Crippen molar-refractivity contribution in [1.82, 2.24) is 15.6 Å². The van der Waals surface area contributed by atoms with Gasteiger partial charge in [0.25, 0.3) is 0 Å².